The average Bonchev–Trinajstić information content (AvgIpc) is 2.99. The van der Waals surface area contributed by atoms with E-state index in [2.05, 4.69) is 40.8 Å². The van der Waals surface area contributed by atoms with Gasteiger partial charge >= 0.3 is 6.18 Å². The number of ether oxygens (including phenoxy) is 1. The smallest absolute Gasteiger partial charge is 0.417 e. The molecule has 0 heterocycles. The first-order chi connectivity index (χ1) is 20.3. The normalized spacial score (nSPS) is 11.7. The van der Waals surface area contributed by atoms with Gasteiger partial charge in [0.1, 0.15) is 5.75 Å². The zero-order valence-corrected chi connectivity index (χ0v) is 25.4. The number of aryl methyl sites for hydroxylation is 1. The molecule has 0 aliphatic carbocycles. The Morgan fingerprint density at radius 3 is 2.19 bits per heavy atom. The first-order valence-electron chi connectivity index (χ1n) is 14.0. The van der Waals surface area contributed by atoms with E-state index >= 15 is 0 Å². The summed E-state index contributed by atoms with van der Waals surface area (Å²) in [5.74, 6) is 1.79. The number of halogens is 4. The van der Waals surface area contributed by atoms with Crippen molar-refractivity contribution in [3.05, 3.63) is 130 Å². The van der Waals surface area contributed by atoms with Gasteiger partial charge in [0.2, 0.25) is 0 Å². The standard InChI is InChI=1S/C34H36ClF3N2OS/c1-3-42-39-29-19-18-25(2)32(22-29)41-21-11-20-40(23-28-16-10-17-31(33(28)35)34(36,37)38)24-30(26-12-6-4-7-13-26)27-14-8-5-9-15-27/h4-10,12-19,22,30,39H,3,11,20-21,23-24H2,1-2H3. The molecule has 0 bridgehead atoms. The van der Waals surface area contributed by atoms with Gasteiger partial charge in [0.15, 0.2) is 0 Å². The van der Waals surface area contributed by atoms with E-state index in [1.807, 2.05) is 61.5 Å². The van der Waals surface area contributed by atoms with Crippen molar-refractivity contribution in [3.63, 3.8) is 0 Å². The van der Waals surface area contributed by atoms with Crippen LogP contribution >= 0.6 is 23.5 Å². The van der Waals surface area contributed by atoms with Crippen molar-refractivity contribution in [2.24, 2.45) is 0 Å². The largest absolute Gasteiger partial charge is 0.493 e. The van der Waals surface area contributed by atoms with Crippen LogP contribution in [-0.2, 0) is 12.7 Å². The zero-order valence-electron chi connectivity index (χ0n) is 23.8. The van der Waals surface area contributed by atoms with Gasteiger partial charge in [0.05, 0.1) is 17.2 Å². The monoisotopic (exact) mass is 612 g/mol. The third-order valence-electron chi connectivity index (χ3n) is 7.02. The zero-order chi connectivity index (χ0) is 30.0. The second-order valence-corrected chi connectivity index (χ2v) is 11.6. The number of nitrogens with zero attached hydrogens (tertiary/aromatic N) is 1. The fraction of sp³-hybridized carbons (Fsp3) is 0.294. The molecule has 0 spiro atoms. The van der Waals surface area contributed by atoms with Crippen molar-refractivity contribution in [1.82, 2.24) is 4.90 Å². The van der Waals surface area contributed by atoms with Crippen LogP contribution in [0.3, 0.4) is 0 Å². The van der Waals surface area contributed by atoms with Crippen LogP contribution in [-0.4, -0.2) is 30.3 Å². The predicted molar refractivity (Wildman–Crippen MR) is 170 cm³/mol. The first kappa shape index (κ1) is 31.8. The van der Waals surface area contributed by atoms with Crippen LogP contribution in [0.25, 0.3) is 0 Å². The maximum atomic E-state index is 13.6. The van der Waals surface area contributed by atoms with E-state index in [4.69, 9.17) is 16.3 Å². The highest BCUT2D eigenvalue weighted by molar-refractivity contribution is 8.00. The second kappa shape index (κ2) is 15.4. The summed E-state index contributed by atoms with van der Waals surface area (Å²) in [7, 11) is 0. The molecule has 0 saturated heterocycles. The molecule has 0 amide bonds. The summed E-state index contributed by atoms with van der Waals surface area (Å²) < 4.78 is 50.4. The van der Waals surface area contributed by atoms with Gasteiger partial charge in [0.25, 0.3) is 0 Å². The average molecular weight is 613 g/mol. The molecule has 0 aromatic heterocycles. The Hall–Kier alpha value is -3.13. The van der Waals surface area contributed by atoms with Crippen LogP contribution in [0, 0.1) is 6.92 Å². The van der Waals surface area contributed by atoms with Gasteiger partial charge in [-0.1, -0.05) is 109 Å². The molecule has 0 unspecified atom stereocenters. The summed E-state index contributed by atoms with van der Waals surface area (Å²) in [4.78, 5) is 2.18. The highest BCUT2D eigenvalue weighted by Gasteiger charge is 2.34. The topological polar surface area (TPSA) is 24.5 Å². The highest BCUT2D eigenvalue weighted by atomic mass is 35.5. The number of nitrogens with one attached hydrogen (secondary N) is 1. The lowest BCUT2D eigenvalue weighted by molar-refractivity contribution is -0.137. The van der Waals surface area contributed by atoms with Crippen LogP contribution in [0.5, 0.6) is 5.75 Å². The van der Waals surface area contributed by atoms with Crippen LogP contribution < -0.4 is 9.46 Å². The van der Waals surface area contributed by atoms with Crippen LogP contribution in [0.4, 0.5) is 18.9 Å². The summed E-state index contributed by atoms with van der Waals surface area (Å²) in [6, 6.07) is 30.6. The van der Waals surface area contributed by atoms with Crippen molar-refractivity contribution < 1.29 is 17.9 Å². The Labute approximate surface area is 256 Å². The summed E-state index contributed by atoms with van der Waals surface area (Å²) in [5.41, 5.74) is 3.96. The molecule has 0 aliphatic rings. The van der Waals surface area contributed by atoms with E-state index in [0.717, 1.165) is 39.9 Å². The number of anilines is 1. The number of rotatable bonds is 14. The van der Waals surface area contributed by atoms with E-state index in [-0.39, 0.29) is 17.5 Å². The fourth-order valence-electron chi connectivity index (χ4n) is 4.87. The molecule has 0 saturated carbocycles. The number of alkyl halides is 3. The molecule has 4 aromatic rings. The van der Waals surface area contributed by atoms with Gasteiger partial charge in [-0.15, -0.1) is 0 Å². The molecular formula is C34H36ClF3N2OS. The Kier molecular flexibility index (Phi) is 11.6. The molecule has 0 atom stereocenters. The van der Waals surface area contributed by atoms with Gasteiger partial charge < -0.3 is 9.46 Å². The first-order valence-corrected chi connectivity index (χ1v) is 15.4. The van der Waals surface area contributed by atoms with Gasteiger partial charge in [0, 0.05) is 43.1 Å². The van der Waals surface area contributed by atoms with Gasteiger partial charge in [-0.05, 0) is 47.7 Å². The van der Waals surface area contributed by atoms with Crippen molar-refractivity contribution in [1.29, 1.82) is 0 Å². The predicted octanol–water partition coefficient (Wildman–Crippen LogP) is 9.85. The van der Waals surface area contributed by atoms with E-state index in [1.54, 1.807) is 18.0 Å². The van der Waals surface area contributed by atoms with Crippen LogP contribution in [0.15, 0.2) is 97.1 Å². The van der Waals surface area contributed by atoms with E-state index in [9.17, 15) is 13.2 Å². The molecule has 3 nitrogen and oxygen atoms in total. The Bertz CT molecular complexity index is 1360. The van der Waals surface area contributed by atoms with E-state index in [0.29, 0.717) is 31.7 Å². The summed E-state index contributed by atoms with van der Waals surface area (Å²) in [6.07, 6.45) is -3.83. The van der Waals surface area contributed by atoms with E-state index in [1.165, 1.54) is 6.07 Å². The van der Waals surface area contributed by atoms with Gasteiger partial charge in [-0.2, -0.15) is 13.2 Å². The summed E-state index contributed by atoms with van der Waals surface area (Å²) >= 11 is 7.96. The Balaban J connectivity index is 1.55. The van der Waals surface area contributed by atoms with Crippen molar-refractivity contribution in [2.45, 2.75) is 38.9 Å². The van der Waals surface area contributed by atoms with Gasteiger partial charge in [-0.25, -0.2) is 0 Å². The molecule has 42 heavy (non-hydrogen) atoms. The van der Waals surface area contributed by atoms with Crippen molar-refractivity contribution in [3.8, 4) is 5.75 Å². The number of benzene rings is 4. The summed E-state index contributed by atoms with van der Waals surface area (Å²) in [5, 5.41) is -0.243. The van der Waals surface area contributed by atoms with Crippen molar-refractivity contribution >= 4 is 29.2 Å². The second-order valence-electron chi connectivity index (χ2n) is 10.1. The minimum Gasteiger partial charge on any atom is -0.493 e. The van der Waals surface area contributed by atoms with Crippen LogP contribution in [0.1, 0.15) is 47.1 Å². The molecule has 222 valence electrons. The molecule has 8 heteroatoms. The molecule has 0 radical (unpaired) electrons. The van der Waals surface area contributed by atoms with E-state index < -0.39 is 11.7 Å². The molecule has 4 rings (SSSR count). The lowest BCUT2D eigenvalue weighted by atomic mass is 9.90. The van der Waals surface area contributed by atoms with Gasteiger partial charge in [-0.3, -0.25) is 4.90 Å². The van der Waals surface area contributed by atoms with Crippen LogP contribution in [0.2, 0.25) is 5.02 Å². The highest BCUT2D eigenvalue weighted by Crippen LogP contribution is 2.37. The maximum absolute atomic E-state index is 13.6. The third kappa shape index (κ3) is 8.93. The SMILES string of the molecule is CCSNc1ccc(C)c(OCCCN(Cc2cccc(C(F)(F)F)c2Cl)CC(c2ccccc2)c2ccccc2)c1. The lowest BCUT2D eigenvalue weighted by Crippen LogP contribution is -2.31. The fourth-order valence-corrected chi connectivity index (χ4v) is 5.60. The quantitative estimate of drug-likeness (QED) is 0.113. The third-order valence-corrected chi connectivity index (χ3v) is 8.14. The molecule has 0 fully saturated rings. The number of hydrogen-bond acceptors (Lipinski definition) is 4. The maximum Gasteiger partial charge on any atom is 0.417 e. The number of hydrogen-bond donors (Lipinski definition) is 1. The molecule has 1 N–H and O–H groups in total. The Morgan fingerprint density at radius 1 is 0.905 bits per heavy atom. The lowest BCUT2D eigenvalue weighted by Gasteiger charge is -2.29. The summed E-state index contributed by atoms with van der Waals surface area (Å²) in [6.45, 7) is 6.07. The van der Waals surface area contributed by atoms with Crippen molar-refractivity contribution in [2.75, 3.05) is 30.2 Å². The minimum absolute atomic E-state index is 0.0268. The molecule has 4 aromatic carbocycles. The molecule has 0 aliphatic heterocycles. The minimum atomic E-state index is -4.51. The Morgan fingerprint density at radius 2 is 1.57 bits per heavy atom. The molecular weight excluding hydrogens is 577 g/mol.